The average molecular weight is 165 g/mol. The molecule has 1 aromatic heterocycles. The Morgan fingerprint density at radius 3 is 2.42 bits per heavy atom. The molecule has 66 valence electrons. The Morgan fingerprint density at radius 2 is 1.92 bits per heavy atom. The van der Waals surface area contributed by atoms with Gasteiger partial charge in [-0.2, -0.15) is 0 Å². The molecule has 0 spiro atoms. The van der Waals surface area contributed by atoms with Gasteiger partial charge in [-0.3, -0.25) is 0 Å². The third-order valence-electron chi connectivity index (χ3n) is 1.94. The number of rotatable bonds is 3. The maximum Gasteiger partial charge on any atom is 0.115 e. The number of nitrogens with two attached hydrogens (primary N) is 1. The van der Waals surface area contributed by atoms with E-state index in [1.807, 2.05) is 12.4 Å². The van der Waals surface area contributed by atoms with E-state index in [1.165, 1.54) is 6.33 Å². The molecule has 1 atom stereocenters. The minimum Gasteiger partial charge on any atom is -0.327 e. The highest BCUT2D eigenvalue weighted by Crippen LogP contribution is 2.05. The van der Waals surface area contributed by atoms with Gasteiger partial charge in [0.2, 0.25) is 0 Å². The highest BCUT2D eigenvalue weighted by atomic mass is 14.8. The van der Waals surface area contributed by atoms with Gasteiger partial charge in [-0.15, -0.1) is 0 Å². The molecule has 0 aliphatic carbocycles. The van der Waals surface area contributed by atoms with Crippen LogP contribution in [0.3, 0.4) is 0 Å². The summed E-state index contributed by atoms with van der Waals surface area (Å²) in [5.41, 5.74) is 7.00. The van der Waals surface area contributed by atoms with Crippen LogP contribution in [0, 0.1) is 5.92 Å². The number of nitrogens with zero attached hydrogens (tertiary/aromatic N) is 2. The fourth-order valence-electron chi connectivity index (χ4n) is 0.943. The predicted molar refractivity (Wildman–Crippen MR) is 48.5 cm³/mol. The molecule has 0 saturated carbocycles. The Hall–Kier alpha value is -0.960. The van der Waals surface area contributed by atoms with Crippen LogP contribution >= 0.6 is 0 Å². The van der Waals surface area contributed by atoms with Crippen LogP contribution in [0.25, 0.3) is 0 Å². The maximum absolute atomic E-state index is 5.89. The second-order valence-electron chi connectivity index (χ2n) is 3.36. The van der Waals surface area contributed by atoms with Crippen molar-refractivity contribution in [2.75, 3.05) is 0 Å². The van der Waals surface area contributed by atoms with E-state index in [0.29, 0.717) is 5.92 Å². The lowest BCUT2D eigenvalue weighted by Crippen LogP contribution is -2.28. The third kappa shape index (κ3) is 2.58. The van der Waals surface area contributed by atoms with Crippen molar-refractivity contribution >= 4 is 0 Å². The quantitative estimate of drug-likeness (QED) is 0.727. The molecule has 0 aromatic carbocycles. The zero-order valence-corrected chi connectivity index (χ0v) is 7.57. The zero-order chi connectivity index (χ0) is 8.97. The van der Waals surface area contributed by atoms with Gasteiger partial charge in [0, 0.05) is 18.4 Å². The molecular weight excluding hydrogens is 150 g/mol. The lowest BCUT2D eigenvalue weighted by molar-refractivity contribution is 0.489. The molecule has 0 fully saturated rings. The summed E-state index contributed by atoms with van der Waals surface area (Å²) in [7, 11) is 0. The van der Waals surface area contributed by atoms with Gasteiger partial charge < -0.3 is 5.73 Å². The van der Waals surface area contributed by atoms with Gasteiger partial charge in [0.1, 0.15) is 6.33 Å². The topological polar surface area (TPSA) is 51.8 Å². The van der Waals surface area contributed by atoms with Crippen molar-refractivity contribution in [1.82, 2.24) is 9.97 Å². The molecule has 0 radical (unpaired) electrons. The summed E-state index contributed by atoms with van der Waals surface area (Å²) >= 11 is 0. The van der Waals surface area contributed by atoms with E-state index in [1.54, 1.807) is 0 Å². The van der Waals surface area contributed by atoms with Crippen LogP contribution in [0.15, 0.2) is 18.7 Å². The molecular formula is C9H15N3. The second-order valence-corrected chi connectivity index (χ2v) is 3.36. The Labute approximate surface area is 73.0 Å². The van der Waals surface area contributed by atoms with Crippen molar-refractivity contribution in [3.05, 3.63) is 24.3 Å². The summed E-state index contributed by atoms with van der Waals surface area (Å²) < 4.78 is 0. The normalized spacial score (nSPS) is 13.3. The van der Waals surface area contributed by atoms with Crippen LogP contribution in [0.1, 0.15) is 19.4 Å². The fourth-order valence-corrected chi connectivity index (χ4v) is 0.943. The van der Waals surface area contributed by atoms with Crippen molar-refractivity contribution < 1.29 is 0 Å². The molecule has 0 bridgehead atoms. The van der Waals surface area contributed by atoms with Crippen LogP contribution in [-0.2, 0) is 6.42 Å². The van der Waals surface area contributed by atoms with Gasteiger partial charge in [-0.1, -0.05) is 13.8 Å². The fraction of sp³-hybridized carbons (Fsp3) is 0.556. The Bertz CT molecular complexity index is 220. The van der Waals surface area contributed by atoms with Crippen LogP contribution in [-0.4, -0.2) is 16.0 Å². The van der Waals surface area contributed by atoms with Crippen molar-refractivity contribution in [3.8, 4) is 0 Å². The Balaban J connectivity index is 2.53. The van der Waals surface area contributed by atoms with Crippen LogP contribution < -0.4 is 5.73 Å². The first-order chi connectivity index (χ1) is 5.70. The zero-order valence-electron chi connectivity index (χ0n) is 7.57. The third-order valence-corrected chi connectivity index (χ3v) is 1.94. The molecule has 1 rings (SSSR count). The second kappa shape index (κ2) is 4.16. The number of hydrogen-bond acceptors (Lipinski definition) is 3. The van der Waals surface area contributed by atoms with Crippen LogP contribution in [0.5, 0.6) is 0 Å². The van der Waals surface area contributed by atoms with E-state index < -0.39 is 0 Å². The predicted octanol–water partition coefficient (Wildman–Crippen LogP) is 1.00. The first kappa shape index (κ1) is 9.13. The smallest absolute Gasteiger partial charge is 0.115 e. The molecule has 2 N–H and O–H groups in total. The number of aromatic nitrogens is 2. The molecule has 0 amide bonds. The molecule has 0 aliphatic heterocycles. The summed E-state index contributed by atoms with van der Waals surface area (Å²) in [4.78, 5) is 7.86. The average Bonchev–Trinajstić information content (AvgIpc) is 2.06. The lowest BCUT2D eigenvalue weighted by atomic mass is 9.99. The van der Waals surface area contributed by atoms with Gasteiger partial charge in [-0.25, -0.2) is 9.97 Å². The van der Waals surface area contributed by atoms with E-state index in [4.69, 9.17) is 5.73 Å². The summed E-state index contributed by atoms with van der Waals surface area (Å²) in [5, 5.41) is 0. The van der Waals surface area contributed by atoms with Crippen LogP contribution in [0.2, 0.25) is 0 Å². The van der Waals surface area contributed by atoms with E-state index in [9.17, 15) is 0 Å². The molecule has 3 heteroatoms. The largest absolute Gasteiger partial charge is 0.327 e. The molecule has 12 heavy (non-hydrogen) atoms. The molecule has 3 nitrogen and oxygen atoms in total. The summed E-state index contributed by atoms with van der Waals surface area (Å²) in [6.45, 7) is 4.24. The first-order valence-electron chi connectivity index (χ1n) is 4.19. The van der Waals surface area contributed by atoms with Gasteiger partial charge in [0.05, 0.1) is 0 Å². The molecule has 1 heterocycles. The molecule has 1 aromatic rings. The Kier molecular flexibility index (Phi) is 3.17. The summed E-state index contributed by atoms with van der Waals surface area (Å²) in [6, 6.07) is 0.205. The minimum atomic E-state index is 0.205. The monoisotopic (exact) mass is 165 g/mol. The van der Waals surface area contributed by atoms with Gasteiger partial charge in [0.25, 0.3) is 0 Å². The molecule has 0 aliphatic rings. The summed E-state index contributed by atoms with van der Waals surface area (Å²) in [6.07, 6.45) is 6.02. The minimum absolute atomic E-state index is 0.205. The van der Waals surface area contributed by atoms with Crippen molar-refractivity contribution in [2.24, 2.45) is 11.7 Å². The van der Waals surface area contributed by atoms with Gasteiger partial charge >= 0.3 is 0 Å². The highest BCUT2D eigenvalue weighted by molar-refractivity contribution is 5.04. The highest BCUT2D eigenvalue weighted by Gasteiger charge is 2.07. The summed E-state index contributed by atoms with van der Waals surface area (Å²) in [5.74, 6) is 0.505. The SMILES string of the molecule is CC(C)C(N)Cc1cncnc1. The maximum atomic E-state index is 5.89. The van der Waals surface area contributed by atoms with E-state index in [-0.39, 0.29) is 6.04 Å². The van der Waals surface area contributed by atoms with E-state index in [2.05, 4.69) is 23.8 Å². The van der Waals surface area contributed by atoms with Gasteiger partial charge in [0.15, 0.2) is 0 Å². The van der Waals surface area contributed by atoms with Crippen LogP contribution in [0.4, 0.5) is 0 Å². The molecule has 1 unspecified atom stereocenters. The van der Waals surface area contributed by atoms with Crippen molar-refractivity contribution in [3.63, 3.8) is 0 Å². The Morgan fingerprint density at radius 1 is 1.33 bits per heavy atom. The standard InChI is InChI=1S/C9H15N3/c1-7(2)9(10)3-8-4-11-6-12-5-8/h4-7,9H,3,10H2,1-2H3. The van der Waals surface area contributed by atoms with E-state index in [0.717, 1.165) is 12.0 Å². The first-order valence-corrected chi connectivity index (χ1v) is 4.19. The molecule has 0 saturated heterocycles. The number of hydrogen-bond donors (Lipinski definition) is 1. The van der Waals surface area contributed by atoms with Crippen molar-refractivity contribution in [2.45, 2.75) is 26.3 Å². The van der Waals surface area contributed by atoms with Gasteiger partial charge in [-0.05, 0) is 17.9 Å². The van der Waals surface area contributed by atoms with Crippen molar-refractivity contribution in [1.29, 1.82) is 0 Å². The van der Waals surface area contributed by atoms with E-state index >= 15 is 0 Å². The lowest BCUT2D eigenvalue weighted by Gasteiger charge is -2.14.